The summed E-state index contributed by atoms with van der Waals surface area (Å²) in [6.45, 7) is 2.58. The zero-order valence-electron chi connectivity index (χ0n) is 20.4. The molecule has 0 aromatic heterocycles. The fourth-order valence-electron chi connectivity index (χ4n) is 4.22. The Morgan fingerprint density at radius 2 is 1.63 bits per heavy atom. The number of nitrogens with one attached hydrogen (secondary N) is 1. The number of fused-ring (bicyclic) bond motifs is 1. The molecule has 0 saturated carbocycles. The van der Waals surface area contributed by atoms with Crippen LogP contribution in [0.25, 0.3) is 16.8 Å². The molecule has 0 bridgehead atoms. The number of halogens is 1. The summed E-state index contributed by atoms with van der Waals surface area (Å²) < 4.78 is 11.9. The molecule has 1 N–H and O–H groups in total. The third-order valence-electron chi connectivity index (χ3n) is 6.03. The molecule has 1 fully saturated rings. The van der Waals surface area contributed by atoms with Crippen molar-refractivity contribution < 1.29 is 23.9 Å². The van der Waals surface area contributed by atoms with Gasteiger partial charge in [0.2, 0.25) is 0 Å². The fraction of sp³-hybridized carbons (Fsp3) is 0.100. The van der Waals surface area contributed by atoms with Gasteiger partial charge in [-0.2, -0.15) is 0 Å². The van der Waals surface area contributed by atoms with Crippen LogP contribution in [0.3, 0.4) is 0 Å². The van der Waals surface area contributed by atoms with E-state index in [-0.39, 0.29) is 5.57 Å². The van der Waals surface area contributed by atoms with Gasteiger partial charge in [-0.25, -0.2) is 9.69 Å². The van der Waals surface area contributed by atoms with Crippen molar-refractivity contribution >= 4 is 52.0 Å². The average Bonchev–Trinajstić information content (AvgIpc) is 2.91. The van der Waals surface area contributed by atoms with Gasteiger partial charge < -0.3 is 9.47 Å². The highest BCUT2D eigenvalue weighted by Gasteiger charge is 2.36. The smallest absolute Gasteiger partial charge is 0.335 e. The maximum atomic E-state index is 13.2. The first-order chi connectivity index (χ1) is 18.4. The number of carbonyl (C=O) groups is 3. The molecule has 1 heterocycles. The molecule has 0 radical (unpaired) electrons. The van der Waals surface area contributed by atoms with Crippen LogP contribution in [-0.4, -0.2) is 24.5 Å². The minimum absolute atomic E-state index is 0.188. The lowest BCUT2D eigenvalue weighted by Crippen LogP contribution is -2.54. The first-order valence-corrected chi connectivity index (χ1v) is 12.4. The predicted octanol–water partition coefficient (Wildman–Crippen LogP) is 6.14. The number of rotatable bonds is 7. The maximum Gasteiger partial charge on any atom is 0.335 e. The minimum Gasteiger partial charge on any atom is -0.490 e. The topological polar surface area (TPSA) is 84.9 Å². The molecule has 0 unspecified atom stereocenters. The SMILES string of the molecule is CCOc1cc(/C=C2\C(=O)NC(=O)N(c3ccc(Cl)cc3)C2=O)ccc1OCc1cccc2ccccc12. The van der Waals surface area contributed by atoms with Gasteiger partial charge in [0.25, 0.3) is 11.8 Å². The summed E-state index contributed by atoms with van der Waals surface area (Å²) in [7, 11) is 0. The van der Waals surface area contributed by atoms with Crippen LogP contribution in [0.1, 0.15) is 18.1 Å². The highest BCUT2D eigenvalue weighted by molar-refractivity contribution is 6.39. The zero-order chi connectivity index (χ0) is 26.6. The number of barbiturate groups is 1. The summed E-state index contributed by atoms with van der Waals surface area (Å²) in [5.74, 6) is -0.523. The standard InChI is InChI=1S/C30H23ClN2O5/c1-2-37-27-17-19(10-15-26(27)38-18-21-8-5-7-20-6-3-4-9-24(20)21)16-25-28(34)32-30(36)33(29(25)35)23-13-11-22(31)12-14-23/h3-17H,2,18H2,1H3,(H,32,34,36)/b25-16+. The average molecular weight is 527 g/mol. The molecule has 5 rings (SSSR count). The number of carbonyl (C=O) groups excluding carboxylic acids is 3. The van der Waals surface area contributed by atoms with E-state index in [1.165, 1.54) is 18.2 Å². The summed E-state index contributed by atoms with van der Waals surface area (Å²) in [6, 6.07) is 24.6. The van der Waals surface area contributed by atoms with E-state index in [1.807, 2.05) is 31.2 Å². The van der Waals surface area contributed by atoms with Crippen LogP contribution in [-0.2, 0) is 16.2 Å². The number of nitrogens with zero attached hydrogens (tertiary/aromatic N) is 1. The third-order valence-corrected chi connectivity index (χ3v) is 6.28. The molecule has 1 aliphatic rings. The Labute approximate surface area is 224 Å². The van der Waals surface area contributed by atoms with Crippen LogP contribution in [0.15, 0.2) is 90.5 Å². The molecule has 0 atom stereocenters. The summed E-state index contributed by atoms with van der Waals surface area (Å²) in [5.41, 5.74) is 1.68. The molecule has 4 aromatic rings. The Morgan fingerprint density at radius 3 is 2.42 bits per heavy atom. The van der Waals surface area contributed by atoms with Crippen molar-refractivity contribution in [2.45, 2.75) is 13.5 Å². The highest BCUT2D eigenvalue weighted by Crippen LogP contribution is 2.32. The van der Waals surface area contributed by atoms with Crippen LogP contribution >= 0.6 is 11.6 Å². The van der Waals surface area contributed by atoms with Gasteiger partial charge in [0.15, 0.2) is 11.5 Å². The van der Waals surface area contributed by atoms with Gasteiger partial charge in [-0.05, 0) is 71.3 Å². The Bertz CT molecular complexity index is 1570. The summed E-state index contributed by atoms with van der Waals surface area (Å²) in [4.78, 5) is 39.1. The second kappa shape index (κ2) is 10.8. The number of hydrogen-bond donors (Lipinski definition) is 1. The van der Waals surface area contributed by atoms with Crippen molar-refractivity contribution in [3.05, 3.63) is 107 Å². The molecular formula is C30H23ClN2O5. The molecule has 1 aliphatic heterocycles. The first-order valence-electron chi connectivity index (χ1n) is 12.0. The van der Waals surface area contributed by atoms with Crippen molar-refractivity contribution in [1.29, 1.82) is 0 Å². The van der Waals surface area contributed by atoms with Gasteiger partial charge in [-0.3, -0.25) is 14.9 Å². The quantitative estimate of drug-likeness (QED) is 0.231. The number of anilines is 1. The monoisotopic (exact) mass is 526 g/mol. The molecule has 190 valence electrons. The lowest BCUT2D eigenvalue weighted by atomic mass is 10.1. The van der Waals surface area contributed by atoms with Crippen LogP contribution in [0.5, 0.6) is 11.5 Å². The molecule has 1 saturated heterocycles. The molecule has 0 spiro atoms. The van der Waals surface area contributed by atoms with Gasteiger partial charge in [-0.1, -0.05) is 60.1 Å². The normalized spacial score (nSPS) is 14.6. The van der Waals surface area contributed by atoms with Gasteiger partial charge in [0.1, 0.15) is 12.2 Å². The van der Waals surface area contributed by atoms with E-state index < -0.39 is 17.8 Å². The molecule has 7 nitrogen and oxygen atoms in total. The van der Waals surface area contributed by atoms with Crippen molar-refractivity contribution in [3.63, 3.8) is 0 Å². The maximum absolute atomic E-state index is 13.2. The summed E-state index contributed by atoms with van der Waals surface area (Å²) in [6.07, 6.45) is 1.42. The second-order valence-electron chi connectivity index (χ2n) is 8.50. The lowest BCUT2D eigenvalue weighted by Gasteiger charge is -2.26. The fourth-order valence-corrected chi connectivity index (χ4v) is 4.35. The van der Waals surface area contributed by atoms with E-state index in [0.29, 0.717) is 41.0 Å². The number of imide groups is 2. The lowest BCUT2D eigenvalue weighted by molar-refractivity contribution is -0.122. The second-order valence-corrected chi connectivity index (χ2v) is 8.94. The largest absolute Gasteiger partial charge is 0.490 e. The zero-order valence-corrected chi connectivity index (χ0v) is 21.2. The summed E-state index contributed by atoms with van der Waals surface area (Å²) in [5, 5.41) is 4.91. The Kier molecular flexibility index (Phi) is 7.11. The van der Waals surface area contributed by atoms with Gasteiger partial charge in [0.05, 0.1) is 12.3 Å². The molecule has 38 heavy (non-hydrogen) atoms. The van der Waals surface area contributed by atoms with E-state index >= 15 is 0 Å². The first kappa shape index (κ1) is 25.0. The van der Waals surface area contributed by atoms with E-state index in [9.17, 15) is 14.4 Å². The Balaban J connectivity index is 1.42. The van der Waals surface area contributed by atoms with E-state index in [1.54, 1.807) is 30.3 Å². The molecule has 8 heteroatoms. The molecule has 4 amide bonds. The molecule has 4 aromatic carbocycles. The number of amides is 4. The molecular weight excluding hydrogens is 504 g/mol. The van der Waals surface area contributed by atoms with Crippen LogP contribution < -0.4 is 19.7 Å². The number of ether oxygens (including phenoxy) is 2. The molecule has 0 aliphatic carbocycles. The van der Waals surface area contributed by atoms with Crippen molar-refractivity contribution in [2.24, 2.45) is 0 Å². The van der Waals surface area contributed by atoms with Gasteiger partial charge >= 0.3 is 6.03 Å². The Hall–Kier alpha value is -4.62. The number of urea groups is 1. The number of benzene rings is 4. The van der Waals surface area contributed by atoms with Crippen molar-refractivity contribution in [1.82, 2.24) is 5.32 Å². The van der Waals surface area contributed by atoms with E-state index in [2.05, 4.69) is 23.5 Å². The van der Waals surface area contributed by atoms with Gasteiger partial charge in [-0.15, -0.1) is 0 Å². The predicted molar refractivity (Wildman–Crippen MR) is 146 cm³/mol. The Morgan fingerprint density at radius 1 is 0.868 bits per heavy atom. The number of hydrogen-bond acceptors (Lipinski definition) is 5. The summed E-state index contributed by atoms with van der Waals surface area (Å²) >= 11 is 5.93. The van der Waals surface area contributed by atoms with Crippen molar-refractivity contribution in [2.75, 3.05) is 11.5 Å². The van der Waals surface area contributed by atoms with Crippen LogP contribution in [0.2, 0.25) is 5.02 Å². The third kappa shape index (κ3) is 5.10. The highest BCUT2D eigenvalue weighted by atomic mass is 35.5. The van der Waals surface area contributed by atoms with Crippen LogP contribution in [0, 0.1) is 0 Å². The van der Waals surface area contributed by atoms with E-state index in [4.69, 9.17) is 21.1 Å². The van der Waals surface area contributed by atoms with E-state index in [0.717, 1.165) is 21.2 Å². The van der Waals surface area contributed by atoms with Crippen LogP contribution in [0.4, 0.5) is 10.5 Å². The van der Waals surface area contributed by atoms with Gasteiger partial charge in [0, 0.05) is 5.02 Å². The van der Waals surface area contributed by atoms with Crippen molar-refractivity contribution in [3.8, 4) is 11.5 Å². The minimum atomic E-state index is -0.827.